The first-order chi connectivity index (χ1) is 7.99. The molecule has 0 aromatic carbocycles. The van der Waals surface area contributed by atoms with Crippen molar-refractivity contribution >= 4 is 5.91 Å². The van der Waals surface area contributed by atoms with Gasteiger partial charge in [-0.15, -0.1) is 0 Å². The number of nitrogens with zero attached hydrogens (tertiary/aromatic N) is 1. The molecule has 0 aromatic heterocycles. The SMILES string of the molecule is CCCN1CCC(NC(=O)C(C)(C)NC)CC1. The second kappa shape index (κ2) is 6.36. The Labute approximate surface area is 105 Å². The summed E-state index contributed by atoms with van der Waals surface area (Å²) in [6.07, 6.45) is 3.36. The number of piperidine rings is 1. The van der Waals surface area contributed by atoms with Gasteiger partial charge in [0.2, 0.25) is 5.91 Å². The number of nitrogens with one attached hydrogen (secondary N) is 2. The highest BCUT2D eigenvalue weighted by atomic mass is 16.2. The van der Waals surface area contributed by atoms with E-state index in [0.29, 0.717) is 6.04 Å². The first-order valence-corrected chi connectivity index (χ1v) is 6.72. The average Bonchev–Trinajstić information content (AvgIpc) is 2.32. The number of likely N-dealkylation sites (N-methyl/N-ethyl adjacent to an activating group) is 1. The van der Waals surface area contributed by atoms with Gasteiger partial charge in [0, 0.05) is 19.1 Å². The van der Waals surface area contributed by atoms with Crippen LogP contribution < -0.4 is 10.6 Å². The maximum absolute atomic E-state index is 12.0. The van der Waals surface area contributed by atoms with E-state index in [4.69, 9.17) is 0 Å². The summed E-state index contributed by atoms with van der Waals surface area (Å²) in [5.41, 5.74) is -0.472. The van der Waals surface area contributed by atoms with Gasteiger partial charge in [-0.05, 0) is 46.7 Å². The van der Waals surface area contributed by atoms with Crippen LogP contribution in [0.1, 0.15) is 40.0 Å². The smallest absolute Gasteiger partial charge is 0.239 e. The van der Waals surface area contributed by atoms with Gasteiger partial charge in [-0.3, -0.25) is 4.79 Å². The van der Waals surface area contributed by atoms with Crippen molar-refractivity contribution in [3.63, 3.8) is 0 Å². The van der Waals surface area contributed by atoms with Crippen LogP contribution in [0.5, 0.6) is 0 Å². The van der Waals surface area contributed by atoms with Crippen LogP contribution in [0.4, 0.5) is 0 Å². The molecule has 0 bridgehead atoms. The Bertz CT molecular complexity index is 245. The Morgan fingerprint density at radius 1 is 1.35 bits per heavy atom. The number of carbonyl (C=O) groups is 1. The fourth-order valence-corrected chi connectivity index (χ4v) is 2.10. The minimum atomic E-state index is -0.472. The van der Waals surface area contributed by atoms with Gasteiger partial charge < -0.3 is 15.5 Å². The quantitative estimate of drug-likeness (QED) is 0.754. The maximum Gasteiger partial charge on any atom is 0.239 e. The van der Waals surface area contributed by atoms with Crippen molar-refractivity contribution in [3.8, 4) is 0 Å². The monoisotopic (exact) mass is 241 g/mol. The summed E-state index contributed by atoms with van der Waals surface area (Å²) < 4.78 is 0. The number of likely N-dealkylation sites (tertiary alicyclic amines) is 1. The van der Waals surface area contributed by atoms with Crippen molar-refractivity contribution in [2.75, 3.05) is 26.7 Å². The summed E-state index contributed by atoms with van der Waals surface area (Å²) in [6, 6.07) is 0.350. The molecule has 0 radical (unpaired) electrons. The molecule has 1 saturated heterocycles. The summed E-state index contributed by atoms with van der Waals surface area (Å²) in [7, 11) is 1.82. The highest BCUT2D eigenvalue weighted by molar-refractivity contribution is 5.85. The van der Waals surface area contributed by atoms with Crippen LogP contribution in [0.3, 0.4) is 0 Å². The lowest BCUT2D eigenvalue weighted by Gasteiger charge is -2.34. The number of hydrogen-bond donors (Lipinski definition) is 2. The number of hydrogen-bond acceptors (Lipinski definition) is 3. The third kappa shape index (κ3) is 4.28. The Morgan fingerprint density at radius 2 is 1.94 bits per heavy atom. The standard InChI is InChI=1S/C13H27N3O/c1-5-8-16-9-6-11(7-10-16)15-12(17)13(2,3)14-4/h11,14H,5-10H2,1-4H3,(H,15,17). The van der Waals surface area contributed by atoms with E-state index in [-0.39, 0.29) is 5.91 Å². The summed E-state index contributed by atoms with van der Waals surface area (Å²) in [5.74, 6) is 0.106. The van der Waals surface area contributed by atoms with Crippen molar-refractivity contribution in [3.05, 3.63) is 0 Å². The molecule has 100 valence electrons. The molecule has 2 N–H and O–H groups in total. The van der Waals surface area contributed by atoms with Gasteiger partial charge >= 0.3 is 0 Å². The second-order valence-corrected chi connectivity index (χ2v) is 5.46. The lowest BCUT2D eigenvalue weighted by Crippen LogP contribution is -2.55. The zero-order valence-corrected chi connectivity index (χ0v) is 11.7. The summed E-state index contributed by atoms with van der Waals surface area (Å²) in [6.45, 7) is 9.44. The molecule has 1 amide bonds. The maximum atomic E-state index is 12.0. The molecule has 4 nitrogen and oxygen atoms in total. The van der Waals surface area contributed by atoms with E-state index >= 15 is 0 Å². The molecule has 0 unspecified atom stereocenters. The molecular formula is C13H27N3O. The Kier molecular flexibility index (Phi) is 5.40. The molecule has 1 aliphatic heterocycles. The first kappa shape index (κ1) is 14.5. The fourth-order valence-electron chi connectivity index (χ4n) is 2.10. The van der Waals surface area contributed by atoms with Crippen molar-refractivity contribution in [1.82, 2.24) is 15.5 Å². The number of carbonyl (C=O) groups excluding carboxylic acids is 1. The van der Waals surface area contributed by atoms with Crippen molar-refractivity contribution in [2.45, 2.75) is 51.6 Å². The summed E-state index contributed by atoms with van der Waals surface area (Å²) in [5, 5.41) is 6.18. The molecule has 4 heteroatoms. The van der Waals surface area contributed by atoms with Gasteiger partial charge in [0.25, 0.3) is 0 Å². The molecule has 0 aromatic rings. The second-order valence-electron chi connectivity index (χ2n) is 5.46. The van der Waals surface area contributed by atoms with Crippen LogP contribution in [0.2, 0.25) is 0 Å². The van der Waals surface area contributed by atoms with E-state index in [1.54, 1.807) is 0 Å². The molecule has 1 fully saturated rings. The lowest BCUT2D eigenvalue weighted by molar-refractivity contribution is -0.127. The largest absolute Gasteiger partial charge is 0.352 e. The topological polar surface area (TPSA) is 44.4 Å². The van der Waals surface area contributed by atoms with Gasteiger partial charge in [0.1, 0.15) is 0 Å². The predicted octanol–water partition coefficient (Wildman–Crippen LogP) is 0.975. The molecular weight excluding hydrogens is 214 g/mol. The van der Waals surface area contributed by atoms with Crippen LogP contribution in [0, 0.1) is 0 Å². The van der Waals surface area contributed by atoms with E-state index in [0.717, 1.165) is 25.9 Å². The number of rotatable bonds is 5. The highest BCUT2D eigenvalue weighted by Gasteiger charge is 2.28. The third-order valence-electron chi connectivity index (χ3n) is 3.66. The molecule has 1 rings (SSSR count). The molecule has 0 aliphatic carbocycles. The first-order valence-electron chi connectivity index (χ1n) is 6.72. The minimum absolute atomic E-state index is 0.106. The Morgan fingerprint density at radius 3 is 2.41 bits per heavy atom. The zero-order valence-electron chi connectivity index (χ0n) is 11.7. The summed E-state index contributed by atoms with van der Waals surface area (Å²) >= 11 is 0. The minimum Gasteiger partial charge on any atom is -0.352 e. The van der Waals surface area contributed by atoms with Gasteiger partial charge in [0.05, 0.1) is 5.54 Å². The summed E-state index contributed by atoms with van der Waals surface area (Å²) in [4.78, 5) is 14.5. The van der Waals surface area contributed by atoms with E-state index in [1.165, 1.54) is 13.0 Å². The Hall–Kier alpha value is -0.610. The molecule has 1 heterocycles. The number of amides is 1. The predicted molar refractivity (Wildman–Crippen MR) is 71.0 cm³/mol. The van der Waals surface area contributed by atoms with E-state index in [2.05, 4.69) is 22.5 Å². The van der Waals surface area contributed by atoms with Crippen molar-refractivity contribution in [1.29, 1.82) is 0 Å². The molecule has 0 spiro atoms. The zero-order chi connectivity index (χ0) is 12.9. The normalized spacial score (nSPS) is 19.3. The van der Waals surface area contributed by atoms with Crippen molar-refractivity contribution < 1.29 is 4.79 Å². The van der Waals surface area contributed by atoms with E-state index in [1.807, 2.05) is 20.9 Å². The highest BCUT2D eigenvalue weighted by Crippen LogP contribution is 2.12. The molecule has 17 heavy (non-hydrogen) atoms. The van der Waals surface area contributed by atoms with Gasteiger partial charge in [0.15, 0.2) is 0 Å². The van der Waals surface area contributed by atoms with Crippen LogP contribution in [0.15, 0.2) is 0 Å². The van der Waals surface area contributed by atoms with Crippen LogP contribution >= 0.6 is 0 Å². The van der Waals surface area contributed by atoms with Gasteiger partial charge in [-0.1, -0.05) is 6.92 Å². The Balaban J connectivity index is 2.33. The van der Waals surface area contributed by atoms with Crippen LogP contribution in [0.25, 0.3) is 0 Å². The van der Waals surface area contributed by atoms with Crippen molar-refractivity contribution in [2.24, 2.45) is 0 Å². The van der Waals surface area contributed by atoms with E-state index < -0.39 is 5.54 Å². The van der Waals surface area contributed by atoms with Gasteiger partial charge in [-0.2, -0.15) is 0 Å². The lowest BCUT2D eigenvalue weighted by atomic mass is 10.0. The third-order valence-corrected chi connectivity index (χ3v) is 3.66. The van der Waals surface area contributed by atoms with Crippen LogP contribution in [-0.4, -0.2) is 49.1 Å². The van der Waals surface area contributed by atoms with E-state index in [9.17, 15) is 4.79 Å². The molecule has 0 atom stereocenters. The van der Waals surface area contributed by atoms with Gasteiger partial charge in [-0.25, -0.2) is 0 Å². The average molecular weight is 241 g/mol. The fraction of sp³-hybridized carbons (Fsp3) is 0.923. The molecule has 0 saturated carbocycles. The molecule has 1 aliphatic rings. The van der Waals surface area contributed by atoms with Crippen LogP contribution in [-0.2, 0) is 4.79 Å².